The summed E-state index contributed by atoms with van der Waals surface area (Å²) in [5.41, 5.74) is 1.04. The lowest BCUT2D eigenvalue weighted by Gasteiger charge is -2.28. The first kappa shape index (κ1) is 32.9. The van der Waals surface area contributed by atoms with Gasteiger partial charge in [-0.3, -0.25) is 9.59 Å². The van der Waals surface area contributed by atoms with Crippen LogP contribution in [-0.2, 0) is 20.7 Å². The molecule has 2 fully saturated rings. The number of hydrogen-bond acceptors (Lipinski definition) is 4. The minimum Gasteiger partial charge on any atom is -0.376 e. The Kier molecular flexibility index (Phi) is 13.8. The fourth-order valence-corrected chi connectivity index (χ4v) is 4.91. The van der Waals surface area contributed by atoms with Crippen LogP contribution in [0.5, 0.6) is 0 Å². The molecule has 1 aliphatic carbocycles. The van der Waals surface area contributed by atoms with Crippen LogP contribution in [0.4, 0.5) is 14.5 Å². The zero-order valence-electron chi connectivity index (χ0n) is 24.3. The lowest BCUT2D eigenvalue weighted by atomic mass is 9.98. The van der Waals surface area contributed by atoms with Crippen LogP contribution in [0.2, 0.25) is 0 Å². The second-order valence-electron chi connectivity index (χ2n) is 10.1. The summed E-state index contributed by atoms with van der Waals surface area (Å²) in [5.74, 6) is -1.48. The highest BCUT2D eigenvalue weighted by Crippen LogP contribution is 2.26. The smallest absolute Gasteiger partial charge is 0.257 e. The van der Waals surface area contributed by atoms with Crippen LogP contribution >= 0.6 is 0 Å². The first-order valence-electron chi connectivity index (χ1n) is 14.2. The Labute approximate surface area is 238 Å². The lowest BCUT2D eigenvalue weighted by molar-refractivity contribution is -0.133. The van der Waals surface area contributed by atoms with Crippen molar-refractivity contribution in [1.82, 2.24) is 9.80 Å². The average molecular weight is 558 g/mol. The molecule has 1 N–H and O–H groups in total. The normalized spacial score (nSPS) is 19.3. The molecule has 2 atom stereocenters. The summed E-state index contributed by atoms with van der Waals surface area (Å²) in [6.07, 6.45) is 9.51. The van der Waals surface area contributed by atoms with Gasteiger partial charge in [-0.1, -0.05) is 64.5 Å². The van der Waals surface area contributed by atoms with Crippen LogP contribution in [-0.4, -0.2) is 66.7 Å². The molecular weight excluding hydrogens is 512 g/mol. The number of amides is 2. The maximum absolute atomic E-state index is 14.9. The minimum atomic E-state index is -1.09. The molecule has 2 aliphatic rings. The number of allylic oxidation sites excluding steroid dienone is 1. The van der Waals surface area contributed by atoms with Gasteiger partial charge < -0.3 is 19.9 Å². The first-order valence-corrected chi connectivity index (χ1v) is 14.2. The summed E-state index contributed by atoms with van der Waals surface area (Å²) in [4.78, 5) is 29.2. The molecule has 1 saturated heterocycles. The third-order valence-electron chi connectivity index (χ3n) is 7.00. The molecular formula is C32H45F2N3O3. The predicted molar refractivity (Wildman–Crippen MR) is 158 cm³/mol. The summed E-state index contributed by atoms with van der Waals surface area (Å²) in [5, 5.41) is 2.56. The number of nitrogens with one attached hydrogen (secondary N) is 1. The minimum absolute atomic E-state index is 0.0240. The van der Waals surface area contributed by atoms with Crippen LogP contribution in [0, 0.1) is 5.82 Å². The fraction of sp³-hybridized carbons (Fsp3) is 0.500. The van der Waals surface area contributed by atoms with Gasteiger partial charge in [-0.05, 0) is 36.1 Å². The van der Waals surface area contributed by atoms with Gasteiger partial charge in [-0.2, -0.15) is 0 Å². The van der Waals surface area contributed by atoms with Crippen molar-refractivity contribution in [2.45, 2.75) is 77.1 Å². The molecule has 220 valence electrons. The Morgan fingerprint density at radius 3 is 2.52 bits per heavy atom. The number of anilines is 1. The van der Waals surface area contributed by atoms with Crippen LogP contribution in [0.25, 0.3) is 0 Å². The Balaban J connectivity index is 0.00000274. The SMILES string of the molecule is C=CCN(C)/C=C(\C(=C)C=C)C(=O)Nc1ccc(CC(=O)N2CC(F)CC2COC2CCCCC2)cc1F.CC. The summed E-state index contributed by atoms with van der Waals surface area (Å²) in [6, 6.07) is 3.91. The molecule has 6 nitrogen and oxygen atoms in total. The van der Waals surface area contributed by atoms with Crippen molar-refractivity contribution in [3.63, 3.8) is 0 Å². The largest absolute Gasteiger partial charge is 0.376 e. The Bertz CT molecular complexity index is 1070. The quantitative estimate of drug-likeness (QED) is 0.184. The Morgan fingerprint density at radius 1 is 1.20 bits per heavy atom. The number of likely N-dealkylation sites (N-methyl/N-ethyl adjacent to an activating group) is 1. The van der Waals surface area contributed by atoms with Crippen molar-refractivity contribution in [2.75, 3.05) is 32.1 Å². The van der Waals surface area contributed by atoms with E-state index in [-0.39, 0.29) is 48.7 Å². The topological polar surface area (TPSA) is 61.9 Å². The summed E-state index contributed by atoms with van der Waals surface area (Å²) in [6.45, 7) is 16.0. The predicted octanol–water partition coefficient (Wildman–Crippen LogP) is 6.37. The van der Waals surface area contributed by atoms with Crippen molar-refractivity contribution in [1.29, 1.82) is 0 Å². The molecule has 1 aromatic rings. The van der Waals surface area contributed by atoms with Gasteiger partial charge in [0.1, 0.15) is 12.0 Å². The molecule has 2 unspecified atom stereocenters. The van der Waals surface area contributed by atoms with Crippen LogP contribution < -0.4 is 5.32 Å². The van der Waals surface area contributed by atoms with Gasteiger partial charge in [0, 0.05) is 26.2 Å². The number of nitrogens with zero attached hydrogens (tertiary/aromatic N) is 2. The van der Waals surface area contributed by atoms with E-state index in [1.807, 2.05) is 13.8 Å². The van der Waals surface area contributed by atoms with E-state index in [1.54, 1.807) is 30.3 Å². The number of halogens is 2. The maximum Gasteiger partial charge on any atom is 0.257 e. The summed E-state index contributed by atoms with van der Waals surface area (Å²) < 4.78 is 35.2. The molecule has 8 heteroatoms. The second-order valence-corrected chi connectivity index (χ2v) is 10.1. The van der Waals surface area contributed by atoms with E-state index in [1.165, 1.54) is 29.5 Å². The number of likely N-dealkylation sites (tertiary alicyclic amines) is 1. The molecule has 2 amide bonds. The Hall–Kier alpha value is -3.26. The van der Waals surface area contributed by atoms with Crippen molar-refractivity contribution >= 4 is 17.5 Å². The zero-order valence-corrected chi connectivity index (χ0v) is 24.3. The highest BCUT2D eigenvalue weighted by Gasteiger charge is 2.36. The van der Waals surface area contributed by atoms with E-state index >= 15 is 0 Å². The number of carbonyl (C=O) groups is 2. The number of alkyl halides is 1. The van der Waals surface area contributed by atoms with Crippen LogP contribution in [0.3, 0.4) is 0 Å². The monoisotopic (exact) mass is 557 g/mol. The van der Waals surface area contributed by atoms with E-state index in [0.717, 1.165) is 25.7 Å². The van der Waals surface area contributed by atoms with E-state index in [2.05, 4.69) is 25.1 Å². The lowest BCUT2D eigenvalue weighted by Crippen LogP contribution is -2.40. The van der Waals surface area contributed by atoms with Crippen molar-refractivity contribution in [3.05, 3.63) is 78.8 Å². The van der Waals surface area contributed by atoms with Crippen molar-refractivity contribution < 1.29 is 23.1 Å². The van der Waals surface area contributed by atoms with Crippen molar-refractivity contribution in [2.24, 2.45) is 0 Å². The molecule has 3 rings (SSSR count). The fourth-order valence-electron chi connectivity index (χ4n) is 4.91. The third-order valence-corrected chi connectivity index (χ3v) is 7.00. The molecule has 0 spiro atoms. The number of hydrogen-bond donors (Lipinski definition) is 1. The van der Waals surface area contributed by atoms with Gasteiger partial charge in [0.15, 0.2) is 0 Å². The zero-order chi connectivity index (χ0) is 29.7. The van der Waals surface area contributed by atoms with Gasteiger partial charge in [0.2, 0.25) is 5.91 Å². The molecule has 0 bridgehead atoms. The van der Waals surface area contributed by atoms with Crippen LogP contribution in [0.15, 0.2) is 67.4 Å². The van der Waals surface area contributed by atoms with E-state index < -0.39 is 17.9 Å². The summed E-state index contributed by atoms with van der Waals surface area (Å²) in [7, 11) is 1.77. The van der Waals surface area contributed by atoms with E-state index in [0.29, 0.717) is 24.3 Å². The molecule has 0 aromatic heterocycles. The number of carbonyl (C=O) groups excluding carboxylic acids is 2. The highest BCUT2D eigenvalue weighted by atomic mass is 19.1. The molecule has 0 radical (unpaired) electrons. The molecule has 1 aliphatic heterocycles. The van der Waals surface area contributed by atoms with Gasteiger partial charge in [-0.15, -0.1) is 6.58 Å². The van der Waals surface area contributed by atoms with E-state index in [4.69, 9.17) is 4.74 Å². The van der Waals surface area contributed by atoms with Gasteiger partial charge >= 0.3 is 0 Å². The molecule has 1 aromatic carbocycles. The molecule has 40 heavy (non-hydrogen) atoms. The third kappa shape index (κ3) is 9.73. The second kappa shape index (κ2) is 16.8. The van der Waals surface area contributed by atoms with E-state index in [9.17, 15) is 18.4 Å². The van der Waals surface area contributed by atoms with Gasteiger partial charge in [-0.25, -0.2) is 8.78 Å². The van der Waals surface area contributed by atoms with Gasteiger partial charge in [0.25, 0.3) is 5.91 Å². The average Bonchev–Trinajstić information content (AvgIpc) is 3.34. The highest BCUT2D eigenvalue weighted by molar-refractivity contribution is 6.07. The summed E-state index contributed by atoms with van der Waals surface area (Å²) >= 11 is 0. The first-order chi connectivity index (χ1) is 19.2. The molecule has 1 heterocycles. The Morgan fingerprint density at radius 2 is 1.90 bits per heavy atom. The number of benzene rings is 1. The number of rotatable bonds is 12. The number of ether oxygens (including phenoxy) is 1. The van der Waals surface area contributed by atoms with Gasteiger partial charge in [0.05, 0.1) is 43.0 Å². The molecule has 1 saturated carbocycles. The maximum atomic E-state index is 14.9. The standard InChI is InChI=1S/C30H39F2N3O3.C2H6/c1-5-14-34(4)19-26(21(3)6-2)30(37)33-28-13-12-22(15-27(28)32)16-29(36)35-18-23(31)17-24(35)20-38-25-10-8-7-9-11-25;1-2/h5-6,12-13,15,19,23-25H,1-3,7-11,14,16-18,20H2,4H3,(H,33,37);1-2H3/b26-19+;. The van der Waals surface area contributed by atoms with Crippen LogP contribution in [0.1, 0.15) is 57.9 Å². The van der Waals surface area contributed by atoms with Crippen molar-refractivity contribution in [3.8, 4) is 0 Å².